The van der Waals surface area contributed by atoms with Gasteiger partial charge in [0.1, 0.15) is 11.9 Å². The fourth-order valence-corrected chi connectivity index (χ4v) is 4.39. The maximum atomic E-state index is 12.6. The van der Waals surface area contributed by atoms with Crippen LogP contribution in [0.25, 0.3) is 0 Å². The lowest BCUT2D eigenvalue weighted by Crippen LogP contribution is -2.35. The summed E-state index contributed by atoms with van der Waals surface area (Å²) in [5.74, 6) is 0.625. The summed E-state index contributed by atoms with van der Waals surface area (Å²) in [6, 6.07) is 7.32. The van der Waals surface area contributed by atoms with E-state index in [4.69, 9.17) is 9.47 Å². The van der Waals surface area contributed by atoms with E-state index in [2.05, 4.69) is 5.32 Å². The Kier molecular flexibility index (Phi) is 3.10. The van der Waals surface area contributed by atoms with Gasteiger partial charge in [0.05, 0.1) is 18.4 Å². The highest BCUT2D eigenvalue weighted by Gasteiger charge is 2.63. The number of carbonyl (C=O) groups is 2. The molecular formula is C17H19NO4. The second-order valence-electron chi connectivity index (χ2n) is 6.37. The second-order valence-corrected chi connectivity index (χ2v) is 6.37. The topological polar surface area (TPSA) is 64.6 Å². The maximum Gasteiger partial charge on any atom is 0.310 e. The van der Waals surface area contributed by atoms with Gasteiger partial charge < -0.3 is 14.8 Å². The van der Waals surface area contributed by atoms with Crippen LogP contribution >= 0.6 is 0 Å². The Balaban J connectivity index is 1.47. The number of fused-ring (bicyclic) bond motifs is 1. The lowest BCUT2D eigenvalue weighted by Gasteiger charge is -2.23. The summed E-state index contributed by atoms with van der Waals surface area (Å²) in [6.45, 7) is 2.54. The fourth-order valence-electron chi connectivity index (χ4n) is 4.39. The number of amides is 1. The number of rotatable bonds is 4. The zero-order valence-corrected chi connectivity index (χ0v) is 12.5. The molecule has 1 heterocycles. The average molecular weight is 301 g/mol. The number of benzene rings is 1. The molecule has 116 valence electrons. The van der Waals surface area contributed by atoms with Gasteiger partial charge in [0, 0.05) is 11.6 Å². The van der Waals surface area contributed by atoms with Crippen molar-refractivity contribution in [2.45, 2.75) is 25.9 Å². The normalized spacial score (nSPS) is 34.6. The Morgan fingerprint density at radius 2 is 2.09 bits per heavy atom. The number of anilines is 1. The molecule has 1 saturated heterocycles. The predicted molar refractivity (Wildman–Crippen MR) is 79.3 cm³/mol. The summed E-state index contributed by atoms with van der Waals surface area (Å²) in [5.41, 5.74) is 0.735. The van der Waals surface area contributed by atoms with Crippen molar-refractivity contribution in [2.24, 2.45) is 23.7 Å². The molecule has 0 spiro atoms. The molecule has 1 aromatic carbocycles. The summed E-state index contributed by atoms with van der Waals surface area (Å²) in [5, 5.41) is 2.94. The van der Waals surface area contributed by atoms with Crippen LogP contribution in [-0.2, 0) is 14.3 Å². The van der Waals surface area contributed by atoms with E-state index in [1.54, 1.807) is 0 Å². The average Bonchev–Trinajstić information content (AvgIpc) is 3.11. The first-order valence-electron chi connectivity index (χ1n) is 7.91. The van der Waals surface area contributed by atoms with Crippen molar-refractivity contribution in [1.82, 2.24) is 0 Å². The highest BCUT2D eigenvalue weighted by atomic mass is 16.6. The van der Waals surface area contributed by atoms with Gasteiger partial charge in [0.2, 0.25) is 5.91 Å². The first-order chi connectivity index (χ1) is 10.7. The van der Waals surface area contributed by atoms with Gasteiger partial charge in [0.25, 0.3) is 0 Å². The number of nitrogens with one attached hydrogen (secondary N) is 1. The van der Waals surface area contributed by atoms with Crippen LogP contribution in [0.15, 0.2) is 24.3 Å². The van der Waals surface area contributed by atoms with Crippen LogP contribution in [0.5, 0.6) is 5.75 Å². The van der Waals surface area contributed by atoms with E-state index >= 15 is 0 Å². The molecule has 0 radical (unpaired) electrons. The van der Waals surface area contributed by atoms with Gasteiger partial charge in [-0.3, -0.25) is 9.59 Å². The monoisotopic (exact) mass is 301 g/mol. The van der Waals surface area contributed by atoms with Crippen LogP contribution in [0.1, 0.15) is 19.8 Å². The van der Waals surface area contributed by atoms with Crippen LogP contribution in [0.2, 0.25) is 0 Å². The number of hydrogen-bond donors (Lipinski definition) is 1. The molecule has 3 fully saturated rings. The van der Waals surface area contributed by atoms with Crippen LogP contribution in [0, 0.1) is 23.7 Å². The Morgan fingerprint density at radius 3 is 2.82 bits per heavy atom. The molecule has 0 unspecified atom stereocenters. The number of esters is 1. The Morgan fingerprint density at radius 1 is 1.32 bits per heavy atom. The van der Waals surface area contributed by atoms with Gasteiger partial charge >= 0.3 is 5.97 Å². The van der Waals surface area contributed by atoms with Gasteiger partial charge in [-0.1, -0.05) is 0 Å². The standard InChI is InChI=1S/C17H19NO4/c1-2-21-11-5-3-10(4-6-11)18-16(19)14-9-7-12-13(8-9)22-17(20)15(12)14/h3-6,9,12-15H,2,7-8H2,1H3,(H,18,19)/t9-,12-,13+,14-,15-/m0/s1. The summed E-state index contributed by atoms with van der Waals surface area (Å²) in [7, 11) is 0. The Labute approximate surface area is 129 Å². The lowest BCUT2D eigenvalue weighted by molar-refractivity contribution is -0.145. The second kappa shape index (κ2) is 5.00. The van der Waals surface area contributed by atoms with Gasteiger partial charge in [-0.25, -0.2) is 0 Å². The molecule has 5 nitrogen and oxygen atoms in total. The molecule has 4 rings (SSSR count). The molecule has 3 aliphatic rings. The molecule has 22 heavy (non-hydrogen) atoms. The summed E-state index contributed by atoms with van der Waals surface area (Å²) in [6.07, 6.45) is 1.86. The van der Waals surface area contributed by atoms with Crippen molar-refractivity contribution < 1.29 is 19.1 Å². The van der Waals surface area contributed by atoms with E-state index in [1.165, 1.54) is 0 Å². The van der Waals surface area contributed by atoms with Gasteiger partial charge in [0.15, 0.2) is 0 Å². The van der Waals surface area contributed by atoms with E-state index in [-0.39, 0.29) is 41.7 Å². The molecule has 2 bridgehead atoms. The third-order valence-electron chi connectivity index (χ3n) is 5.22. The number of ether oxygens (including phenoxy) is 2. The van der Waals surface area contributed by atoms with Crippen molar-refractivity contribution in [1.29, 1.82) is 0 Å². The predicted octanol–water partition coefficient (Wildman–Crippen LogP) is 2.22. The molecule has 5 heteroatoms. The molecule has 5 atom stereocenters. The largest absolute Gasteiger partial charge is 0.494 e. The van der Waals surface area contributed by atoms with E-state index in [0.717, 1.165) is 24.3 Å². The minimum absolute atomic E-state index is 0.0565. The van der Waals surface area contributed by atoms with Crippen molar-refractivity contribution in [3.05, 3.63) is 24.3 Å². The quantitative estimate of drug-likeness (QED) is 0.866. The third-order valence-corrected chi connectivity index (χ3v) is 5.22. The van der Waals surface area contributed by atoms with Gasteiger partial charge in [-0.2, -0.15) is 0 Å². The number of carbonyl (C=O) groups excluding carboxylic acids is 2. The maximum absolute atomic E-state index is 12.6. The van der Waals surface area contributed by atoms with Gasteiger partial charge in [-0.05, 0) is 49.9 Å². The van der Waals surface area contributed by atoms with Crippen molar-refractivity contribution in [3.63, 3.8) is 0 Å². The van der Waals surface area contributed by atoms with E-state index in [9.17, 15) is 9.59 Å². The smallest absolute Gasteiger partial charge is 0.310 e. The van der Waals surface area contributed by atoms with E-state index in [0.29, 0.717) is 6.61 Å². The van der Waals surface area contributed by atoms with Gasteiger partial charge in [-0.15, -0.1) is 0 Å². The summed E-state index contributed by atoms with van der Waals surface area (Å²) >= 11 is 0. The molecule has 2 saturated carbocycles. The molecule has 0 aromatic heterocycles. The first kappa shape index (κ1) is 13.6. The molecule has 1 N–H and O–H groups in total. The van der Waals surface area contributed by atoms with Crippen molar-refractivity contribution >= 4 is 17.6 Å². The van der Waals surface area contributed by atoms with E-state index < -0.39 is 0 Å². The van der Waals surface area contributed by atoms with Crippen molar-refractivity contribution in [3.8, 4) is 5.75 Å². The van der Waals surface area contributed by atoms with Crippen LogP contribution in [0.3, 0.4) is 0 Å². The van der Waals surface area contributed by atoms with Crippen LogP contribution in [0.4, 0.5) is 5.69 Å². The Hall–Kier alpha value is -2.04. The highest BCUT2D eigenvalue weighted by Crippen LogP contribution is 2.57. The fraction of sp³-hybridized carbons (Fsp3) is 0.529. The first-order valence-corrected chi connectivity index (χ1v) is 7.91. The SMILES string of the molecule is CCOc1ccc(NC(=O)[C@H]2[C@H]3C[C@@H]4[C@@H]2C(=O)O[C@@H]4C3)cc1. The van der Waals surface area contributed by atoms with Crippen molar-refractivity contribution in [2.75, 3.05) is 11.9 Å². The Bertz CT molecular complexity index is 610. The highest BCUT2D eigenvalue weighted by molar-refractivity contribution is 5.97. The molecule has 2 aliphatic carbocycles. The van der Waals surface area contributed by atoms with Crippen LogP contribution < -0.4 is 10.1 Å². The molecule has 1 amide bonds. The minimum Gasteiger partial charge on any atom is -0.494 e. The minimum atomic E-state index is -0.234. The van der Waals surface area contributed by atoms with Crippen LogP contribution in [-0.4, -0.2) is 24.6 Å². The van der Waals surface area contributed by atoms with E-state index in [1.807, 2.05) is 31.2 Å². The summed E-state index contributed by atoms with van der Waals surface area (Å²) in [4.78, 5) is 24.6. The lowest BCUT2D eigenvalue weighted by atomic mass is 9.79. The summed E-state index contributed by atoms with van der Waals surface area (Å²) < 4.78 is 10.8. The number of hydrogen-bond acceptors (Lipinski definition) is 4. The molecule has 1 aliphatic heterocycles. The third kappa shape index (κ3) is 1.99. The zero-order chi connectivity index (χ0) is 15.3. The molecular weight excluding hydrogens is 282 g/mol. The molecule has 1 aromatic rings. The zero-order valence-electron chi connectivity index (χ0n) is 12.5.